The molecule has 1 saturated heterocycles. The zero-order valence-corrected chi connectivity index (χ0v) is 12.3. The minimum absolute atomic E-state index is 0.0150. The van der Waals surface area contributed by atoms with Crippen LogP contribution in [0, 0.1) is 0 Å². The lowest BCUT2D eigenvalue weighted by atomic mass is 9.91. The van der Waals surface area contributed by atoms with Crippen LogP contribution in [0.15, 0.2) is 12.5 Å². The summed E-state index contributed by atoms with van der Waals surface area (Å²) < 4.78 is 1.66. The maximum absolute atomic E-state index is 12.4. The average Bonchev–Trinajstić information content (AvgIpc) is 3.09. The van der Waals surface area contributed by atoms with E-state index >= 15 is 0 Å². The molecule has 3 N–H and O–H groups in total. The normalized spacial score (nSPS) is 21.4. The van der Waals surface area contributed by atoms with E-state index in [0.717, 1.165) is 32.2 Å². The van der Waals surface area contributed by atoms with Crippen LogP contribution in [0.2, 0.25) is 0 Å². The molecule has 0 radical (unpaired) electrons. The summed E-state index contributed by atoms with van der Waals surface area (Å²) in [6, 6.07) is 0. The van der Waals surface area contributed by atoms with Gasteiger partial charge in [0.05, 0.1) is 11.9 Å². The van der Waals surface area contributed by atoms with Gasteiger partial charge in [-0.2, -0.15) is 0 Å². The number of carbonyl (C=O) groups excluding carboxylic acids is 1. The third-order valence-electron chi connectivity index (χ3n) is 3.86. The topological polar surface area (TPSA) is 96.2 Å². The summed E-state index contributed by atoms with van der Waals surface area (Å²) in [5, 5.41) is 15.1. The van der Waals surface area contributed by atoms with Gasteiger partial charge < -0.3 is 20.3 Å². The van der Waals surface area contributed by atoms with Gasteiger partial charge in [-0.25, -0.2) is 9.78 Å². The summed E-state index contributed by atoms with van der Waals surface area (Å²) in [6.45, 7) is 3.93. The number of aromatic nitrogens is 2. The minimum Gasteiger partial charge on any atom is -0.476 e. The first-order valence-electron chi connectivity index (χ1n) is 7.36. The second-order valence-electron chi connectivity index (χ2n) is 5.42. The fourth-order valence-electron chi connectivity index (χ4n) is 2.81. The Bertz CT molecular complexity index is 506. The number of imidazole rings is 1. The maximum atomic E-state index is 12.4. The number of carboxylic acids is 1. The van der Waals surface area contributed by atoms with Gasteiger partial charge in [0.15, 0.2) is 5.69 Å². The molecule has 2 rings (SSSR count). The number of amides is 1. The Labute approximate surface area is 123 Å². The molecule has 0 spiro atoms. The van der Waals surface area contributed by atoms with Crippen molar-refractivity contribution in [1.29, 1.82) is 0 Å². The third kappa shape index (κ3) is 3.60. The van der Waals surface area contributed by atoms with Crippen LogP contribution in [0.1, 0.15) is 43.1 Å². The number of nitrogens with zero attached hydrogens (tertiary/aromatic N) is 2. The van der Waals surface area contributed by atoms with Crippen LogP contribution in [0.25, 0.3) is 0 Å². The van der Waals surface area contributed by atoms with Crippen molar-refractivity contribution in [3.8, 4) is 0 Å². The lowest BCUT2D eigenvalue weighted by Gasteiger charge is -2.27. The summed E-state index contributed by atoms with van der Waals surface area (Å²) >= 11 is 0. The lowest BCUT2D eigenvalue weighted by molar-refractivity contribution is -0.127. The Morgan fingerprint density at radius 1 is 1.57 bits per heavy atom. The quantitative estimate of drug-likeness (QED) is 0.685. The largest absolute Gasteiger partial charge is 0.476 e. The van der Waals surface area contributed by atoms with Gasteiger partial charge in [0.1, 0.15) is 0 Å². The fraction of sp³-hybridized carbons (Fsp3) is 0.643. The Morgan fingerprint density at radius 2 is 2.38 bits per heavy atom. The molecule has 1 aliphatic rings. The first-order valence-corrected chi connectivity index (χ1v) is 7.36. The molecule has 1 fully saturated rings. The summed E-state index contributed by atoms with van der Waals surface area (Å²) in [4.78, 5) is 26.9. The zero-order valence-electron chi connectivity index (χ0n) is 12.3. The second-order valence-corrected chi connectivity index (χ2v) is 5.42. The van der Waals surface area contributed by atoms with Crippen LogP contribution < -0.4 is 10.6 Å². The summed E-state index contributed by atoms with van der Waals surface area (Å²) in [5.74, 6) is -1.00. The molecule has 1 atom stereocenters. The summed E-state index contributed by atoms with van der Waals surface area (Å²) in [5.41, 5.74) is -0.406. The van der Waals surface area contributed by atoms with E-state index in [1.165, 1.54) is 12.5 Å². The van der Waals surface area contributed by atoms with Crippen LogP contribution in [0.5, 0.6) is 0 Å². The Hall–Kier alpha value is -1.89. The molecule has 7 heteroatoms. The van der Waals surface area contributed by atoms with Crippen molar-refractivity contribution in [2.24, 2.45) is 0 Å². The van der Waals surface area contributed by atoms with Crippen molar-refractivity contribution in [2.45, 2.75) is 44.7 Å². The van der Waals surface area contributed by atoms with Crippen molar-refractivity contribution in [3.05, 3.63) is 18.2 Å². The predicted octanol–water partition coefficient (Wildman–Crippen LogP) is 0.620. The van der Waals surface area contributed by atoms with Crippen LogP contribution in [0.4, 0.5) is 0 Å². The van der Waals surface area contributed by atoms with E-state index in [1.54, 1.807) is 4.57 Å². The van der Waals surface area contributed by atoms with Crippen molar-refractivity contribution in [2.75, 3.05) is 13.1 Å². The van der Waals surface area contributed by atoms with Gasteiger partial charge >= 0.3 is 5.97 Å². The molecule has 0 aliphatic carbocycles. The van der Waals surface area contributed by atoms with E-state index in [2.05, 4.69) is 22.5 Å². The molecule has 0 bridgehead atoms. The van der Waals surface area contributed by atoms with Crippen LogP contribution in [0.3, 0.4) is 0 Å². The molecule has 0 aromatic carbocycles. The molecule has 0 saturated carbocycles. The molecular formula is C14H22N4O3. The SMILES string of the molecule is CCCC1(C(=O)NCCn2cnc(C(=O)O)c2)CCCN1. The fourth-order valence-corrected chi connectivity index (χ4v) is 2.81. The highest BCUT2D eigenvalue weighted by Gasteiger charge is 2.39. The van der Waals surface area contributed by atoms with Crippen LogP contribution >= 0.6 is 0 Å². The van der Waals surface area contributed by atoms with Gasteiger partial charge in [-0.15, -0.1) is 0 Å². The molecule has 1 aromatic rings. The van der Waals surface area contributed by atoms with E-state index in [9.17, 15) is 9.59 Å². The van der Waals surface area contributed by atoms with Crippen molar-refractivity contribution >= 4 is 11.9 Å². The zero-order chi connectivity index (χ0) is 15.3. The minimum atomic E-state index is -1.05. The number of nitrogens with one attached hydrogen (secondary N) is 2. The van der Waals surface area contributed by atoms with Gasteiger partial charge in [0.25, 0.3) is 0 Å². The number of carboxylic acid groups (broad SMARTS) is 1. The summed E-state index contributed by atoms with van der Waals surface area (Å²) in [7, 11) is 0. The standard InChI is InChI=1S/C14H22N4O3/c1-2-4-14(5-3-6-17-14)13(21)15-7-8-18-9-11(12(19)20)16-10-18/h9-10,17H,2-8H2,1H3,(H,15,21)(H,19,20). The Morgan fingerprint density at radius 3 is 2.95 bits per heavy atom. The molecule has 2 heterocycles. The van der Waals surface area contributed by atoms with Crippen molar-refractivity contribution < 1.29 is 14.7 Å². The van der Waals surface area contributed by atoms with Gasteiger partial charge in [-0.3, -0.25) is 4.79 Å². The van der Waals surface area contributed by atoms with E-state index in [0.29, 0.717) is 13.1 Å². The Balaban J connectivity index is 1.84. The van der Waals surface area contributed by atoms with E-state index in [1.807, 2.05) is 0 Å². The highest BCUT2D eigenvalue weighted by atomic mass is 16.4. The van der Waals surface area contributed by atoms with E-state index < -0.39 is 11.5 Å². The van der Waals surface area contributed by atoms with Crippen molar-refractivity contribution in [3.63, 3.8) is 0 Å². The first kappa shape index (κ1) is 15.5. The maximum Gasteiger partial charge on any atom is 0.356 e. The van der Waals surface area contributed by atoms with Crippen LogP contribution in [-0.2, 0) is 11.3 Å². The number of rotatable bonds is 7. The first-order chi connectivity index (χ1) is 10.1. The molecule has 21 heavy (non-hydrogen) atoms. The molecule has 7 nitrogen and oxygen atoms in total. The van der Waals surface area contributed by atoms with E-state index in [4.69, 9.17) is 5.11 Å². The highest BCUT2D eigenvalue weighted by molar-refractivity contribution is 5.86. The van der Waals surface area contributed by atoms with Gasteiger partial charge in [-0.1, -0.05) is 13.3 Å². The van der Waals surface area contributed by atoms with Crippen molar-refractivity contribution in [1.82, 2.24) is 20.2 Å². The highest BCUT2D eigenvalue weighted by Crippen LogP contribution is 2.24. The van der Waals surface area contributed by atoms with Gasteiger partial charge in [-0.05, 0) is 25.8 Å². The van der Waals surface area contributed by atoms with E-state index in [-0.39, 0.29) is 11.6 Å². The molecule has 1 amide bonds. The smallest absolute Gasteiger partial charge is 0.356 e. The molecule has 1 unspecified atom stereocenters. The summed E-state index contributed by atoms with van der Waals surface area (Å²) in [6.07, 6.45) is 6.63. The molecular weight excluding hydrogens is 272 g/mol. The van der Waals surface area contributed by atoms with Gasteiger partial charge in [0.2, 0.25) is 5.91 Å². The van der Waals surface area contributed by atoms with Crippen LogP contribution in [-0.4, -0.2) is 45.2 Å². The number of hydrogen-bond acceptors (Lipinski definition) is 4. The average molecular weight is 294 g/mol. The lowest BCUT2D eigenvalue weighted by Crippen LogP contribution is -2.53. The molecule has 116 valence electrons. The third-order valence-corrected chi connectivity index (χ3v) is 3.86. The molecule has 1 aliphatic heterocycles. The second kappa shape index (κ2) is 6.71. The molecule has 1 aromatic heterocycles. The number of carbonyl (C=O) groups is 2. The Kier molecular flexibility index (Phi) is 4.95. The predicted molar refractivity (Wildman–Crippen MR) is 77.1 cm³/mol. The number of aromatic carboxylic acids is 1. The monoisotopic (exact) mass is 294 g/mol. The number of hydrogen-bond donors (Lipinski definition) is 3. The van der Waals surface area contributed by atoms with Gasteiger partial charge in [0, 0.05) is 19.3 Å².